The van der Waals surface area contributed by atoms with Gasteiger partial charge in [0.2, 0.25) is 0 Å². The molecular formula is C29H24N2O7. The molecule has 2 atom stereocenters. The molecule has 0 unspecified atom stereocenters. The Kier molecular flexibility index (Phi) is 6.57. The highest BCUT2D eigenvalue weighted by Crippen LogP contribution is 2.30. The van der Waals surface area contributed by atoms with Crippen LogP contribution in [0.4, 0.5) is 0 Å². The molecule has 9 heteroatoms. The fraction of sp³-hybridized carbons (Fsp3) is 0.138. The van der Waals surface area contributed by atoms with Crippen molar-refractivity contribution >= 4 is 33.7 Å². The molecule has 38 heavy (non-hydrogen) atoms. The second-order valence-electron chi connectivity index (χ2n) is 8.91. The number of carbonyl (C=O) groups excluding carboxylic acids is 1. The predicted octanol–water partition coefficient (Wildman–Crippen LogP) is 4.23. The lowest BCUT2D eigenvalue weighted by atomic mass is 10.0. The first kappa shape index (κ1) is 24.6. The van der Waals surface area contributed by atoms with Crippen molar-refractivity contribution in [3.8, 4) is 22.6 Å². The van der Waals surface area contributed by atoms with Gasteiger partial charge >= 0.3 is 11.6 Å². The lowest BCUT2D eigenvalue weighted by Crippen LogP contribution is -2.47. The topological polar surface area (TPSA) is 142 Å². The van der Waals surface area contributed by atoms with Gasteiger partial charge in [-0.3, -0.25) is 4.79 Å². The van der Waals surface area contributed by atoms with Crippen LogP contribution in [-0.4, -0.2) is 39.2 Å². The van der Waals surface area contributed by atoms with Crippen LogP contribution >= 0.6 is 0 Å². The highest BCUT2D eigenvalue weighted by atomic mass is 16.5. The van der Waals surface area contributed by atoms with E-state index in [1.807, 2.05) is 30.3 Å². The zero-order valence-electron chi connectivity index (χ0n) is 20.3. The van der Waals surface area contributed by atoms with E-state index in [4.69, 9.17) is 9.15 Å². The summed E-state index contributed by atoms with van der Waals surface area (Å²) in [4.78, 5) is 40.0. The summed E-state index contributed by atoms with van der Waals surface area (Å²) in [7, 11) is 0. The first-order valence-electron chi connectivity index (χ1n) is 11.9. The summed E-state index contributed by atoms with van der Waals surface area (Å²) in [6.07, 6.45) is 0.615. The highest BCUT2D eigenvalue weighted by Gasteiger charge is 2.25. The number of ether oxygens (including phenoxy) is 1. The van der Waals surface area contributed by atoms with Gasteiger partial charge in [0.05, 0.1) is 0 Å². The van der Waals surface area contributed by atoms with Crippen molar-refractivity contribution in [1.82, 2.24) is 10.3 Å². The predicted molar refractivity (Wildman–Crippen MR) is 141 cm³/mol. The molecule has 5 aromatic rings. The molecule has 4 N–H and O–H groups in total. The number of benzene rings is 3. The van der Waals surface area contributed by atoms with Gasteiger partial charge in [0.15, 0.2) is 6.10 Å². The summed E-state index contributed by atoms with van der Waals surface area (Å²) in [5, 5.41) is 23.4. The number of carboxylic acid groups (broad SMARTS) is 1. The Balaban J connectivity index is 1.32. The van der Waals surface area contributed by atoms with E-state index in [9.17, 15) is 24.6 Å². The summed E-state index contributed by atoms with van der Waals surface area (Å²) in [5.74, 6) is -1.49. The Hall–Kier alpha value is -5.05. The number of hydrogen-bond acceptors (Lipinski definition) is 6. The van der Waals surface area contributed by atoms with Crippen LogP contribution in [0.2, 0.25) is 0 Å². The molecule has 192 valence electrons. The third kappa shape index (κ3) is 5.08. The van der Waals surface area contributed by atoms with Crippen LogP contribution in [0.5, 0.6) is 11.5 Å². The van der Waals surface area contributed by atoms with Gasteiger partial charge < -0.3 is 29.7 Å². The number of nitrogens with one attached hydrogen (secondary N) is 2. The largest absolute Gasteiger partial charge is 0.508 e. The summed E-state index contributed by atoms with van der Waals surface area (Å²) >= 11 is 0. The van der Waals surface area contributed by atoms with E-state index in [0.717, 1.165) is 11.1 Å². The maximum Gasteiger partial charge on any atom is 0.336 e. The number of aromatic hydroxyl groups is 1. The molecule has 2 heterocycles. The second-order valence-corrected chi connectivity index (χ2v) is 8.91. The average molecular weight is 513 g/mol. The van der Waals surface area contributed by atoms with Crippen LogP contribution < -0.4 is 15.7 Å². The zero-order valence-corrected chi connectivity index (χ0v) is 20.3. The van der Waals surface area contributed by atoms with Gasteiger partial charge in [-0.2, -0.15) is 0 Å². The van der Waals surface area contributed by atoms with Crippen LogP contribution in [0.15, 0.2) is 88.2 Å². The Labute approximate surface area is 216 Å². The molecule has 0 bridgehead atoms. The fourth-order valence-electron chi connectivity index (χ4n) is 4.37. The van der Waals surface area contributed by atoms with Gasteiger partial charge in [-0.25, -0.2) is 9.59 Å². The van der Waals surface area contributed by atoms with E-state index >= 15 is 0 Å². The molecule has 2 aromatic heterocycles. The molecule has 0 saturated heterocycles. The minimum atomic E-state index is -1.22. The maximum atomic E-state index is 12.8. The summed E-state index contributed by atoms with van der Waals surface area (Å²) < 4.78 is 11.1. The van der Waals surface area contributed by atoms with Gasteiger partial charge in [0, 0.05) is 41.0 Å². The van der Waals surface area contributed by atoms with Crippen molar-refractivity contribution in [3.05, 3.63) is 95.0 Å². The summed E-state index contributed by atoms with van der Waals surface area (Å²) in [6.45, 7) is 1.50. The Bertz CT molecular complexity index is 1710. The third-order valence-corrected chi connectivity index (χ3v) is 6.27. The quantitative estimate of drug-likeness (QED) is 0.228. The van der Waals surface area contributed by atoms with E-state index < -0.39 is 29.6 Å². The highest BCUT2D eigenvalue weighted by molar-refractivity contribution is 5.94. The van der Waals surface area contributed by atoms with Gasteiger partial charge in [-0.1, -0.05) is 30.3 Å². The average Bonchev–Trinajstić information content (AvgIpc) is 3.29. The van der Waals surface area contributed by atoms with Crippen LogP contribution in [0.25, 0.3) is 33.0 Å². The van der Waals surface area contributed by atoms with E-state index in [1.54, 1.807) is 24.4 Å². The second kappa shape index (κ2) is 10.1. The summed E-state index contributed by atoms with van der Waals surface area (Å²) in [6, 6.07) is 19.3. The molecule has 1 amide bonds. The number of H-pyrrole nitrogens is 1. The number of carbonyl (C=O) groups is 2. The van der Waals surface area contributed by atoms with Crippen LogP contribution in [0, 0.1) is 0 Å². The molecule has 5 rings (SSSR count). The zero-order chi connectivity index (χ0) is 26.8. The monoisotopic (exact) mass is 512 g/mol. The van der Waals surface area contributed by atoms with Crippen molar-refractivity contribution in [2.45, 2.75) is 25.5 Å². The Morgan fingerprint density at radius 2 is 1.82 bits per heavy atom. The standard InChI is InChI=1S/C29H24N2O7/c1-16(28(34)31-25(29(35)36)11-18-15-30-24-10-7-19(32)12-23(18)24)37-20-8-9-21-22(17-5-3-2-4-6-17)14-27(33)38-26(21)13-20/h2-10,12-16,25,30,32H,11H2,1H3,(H,31,34)(H,35,36)/t16-,25-/m0/s1. The molecule has 3 aromatic carbocycles. The van der Waals surface area contributed by atoms with Crippen molar-refractivity contribution in [2.24, 2.45) is 0 Å². The number of aliphatic carboxylic acids is 1. The van der Waals surface area contributed by atoms with E-state index in [1.165, 1.54) is 31.2 Å². The molecule has 0 radical (unpaired) electrons. The van der Waals surface area contributed by atoms with Crippen LogP contribution in [0.1, 0.15) is 12.5 Å². The first-order chi connectivity index (χ1) is 18.3. The van der Waals surface area contributed by atoms with Gasteiger partial charge in [-0.05, 0) is 53.9 Å². The van der Waals surface area contributed by atoms with E-state index in [2.05, 4.69) is 10.3 Å². The molecule has 9 nitrogen and oxygen atoms in total. The van der Waals surface area contributed by atoms with Crippen molar-refractivity contribution in [1.29, 1.82) is 0 Å². The van der Waals surface area contributed by atoms with Gasteiger partial charge in [-0.15, -0.1) is 0 Å². The van der Waals surface area contributed by atoms with Gasteiger partial charge in [0.1, 0.15) is 23.1 Å². The number of phenolic OH excluding ortho intramolecular Hbond substituents is 1. The number of phenols is 1. The number of rotatable bonds is 8. The molecule has 0 aliphatic heterocycles. The molecule has 0 aliphatic carbocycles. The van der Waals surface area contributed by atoms with Gasteiger partial charge in [0.25, 0.3) is 5.91 Å². The van der Waals surface area contributed by atoms with Crippen molar-refractivity contribution in [3.63, 3.8) is 0 Å². The van der Waals surface area contributed by atoms with Crippen LogP contribution in [-0.2, 0) is 16.0 Å². The molecular weight excluding hydrogens is 488 g/mol. The lowest BCUT2D eigenvalue weighted by Gasteiger charge is -2.19. The number of aromatic nitrogens is 1. The maximum absolute atomic E-state index is 12.8. The number of amides is 1. The first-order valence-corrected chi connectivity index (χ1v) is 11.9. The molecule has 0 fully saturated rings. The smallest absolute Gasteiger partial charge is 0.336 e. The molecule has 0 aliphatic rings. The lowest BCUT2D eigenvalue weighted by molar-refractivity contribution is -0.142. The minimum Gasteiger partial charge on any atom is -0.508 e. The Morgan fingerprint density at radius 1 is 1.03 bits per heavy atom. The normalized spacial score (nSPS) is 12.8. The van der Waals surface area contributed by atoms with E-state index in [-0.39, 0.29) is 17.9 Å². The SMILES string of the molecule is C[C@H](Oc1ccc2c(-c3ccccc3)cc(=O)oc2c1)C(=O)N[C@@H](Cc1c[nH]c2ccc(O)cc12)C(=O)O. The fourth-order valence-corrected chi connectivity index (χ4v) is 4.37. The van der Waals surface area contributed by atoms with E-state index in [0.29, 0.717) is 27.5 Å². The van der Waals surface area contributed by atoms with Crippen molar-refractivity contribution in [2.75, 3.05) is 0 Å². The number of hydrogen-bond donors (Lipinski definition) is 4. The minimum absolute atomic E-state index is 0.000636. The summed E-state index contributed by atoms with van der Waals surface area (Å²) in [5.41, 5.74) is 2.72. The molecule has 0 spiro atoms. The van der Waals surface area contributed by atoms with Crippen LogP contribution in [0.3, 0.4) is 0 Å². The van der Waals surface area contributed by atoms with Crippen molar-refractivity contribution < 1.29 is 29.0 Å². The molecule has 0 saturated carbocycles. The Morgan fingerprint density at radius 3 is 2.58 bits per heavy atom. The number of aromatic amines is 1. The number of carboxylic acids is 1. The third-order valence-electron chi connectivity index (χ3n) is 6.27. The number of fused-ring (bicyclic) bond motifs is 2.